The maximum Gasteiger partial charge on any atom is 0.262 e. The number of nitrogens with one attached hydrogen (secondary N) is 2. The fourth-order valence-corrected chi connectivity index (χ4v) is 2.74. The Bertz CT molecular complexity index is 483. The zero-order valence-corrected chi connectivity index (χ0v) is 11.2. The van der Waals surface area contributed by atoms with Crippen molar-refractivity contribution in [3.8, 4) is 5.75 Å². The summed E-state index contributed by atoms with van der Waals surface area (Å²) in [6.07, 6.45) is 5.36. The van der Waals surface area contributed by atoms with Gasteiger partial charge in [-0.15, -0.1) is 0 Å². The van der Waals surface area contributed by atoms with Crippen LogP contribution in [0.25, 0.3) is 0 Å². The van der Waals surface area contributed by atoms with E-state index < -0.39 is 0 Å². The number of ether oxygens (including phenoxy) is 1. The Morgan fingerprint density at radius 2 is 2.32 bits per heavy atom. The van der Waals surface area contributed by atoms with Gasteiger partial charge in [0.2, 0.25) is 0 Å². The van der Waals surface area contributed by atoms with Gasteiger partial charge in [0.15, 0.2) is 6.61 Å². The molecule has 1 saturated carbocycles. The predicted octanol–water partition coefficient (Wildman–Crippen LogP) is 3.01. The van der Waals surface area contributed by atoms with E-state index in [0.717, 1.165) is 23.0 Å². The van der Waals surface area contributed by atoms with Crippen molar-refractivity contribution in [2.24, 2.45) is 5.92 Å². The van der Waals surface area contributed by atoms with E-state index in [1.807, 2.05) is 18.2 Å². The third-order valence-electron chi connectivity index (χ3n) is 3.94. The Morgan fingerprint density at radius 3 is 3.05 bits per heavy atom. The summed E-state index contributed by atoms with van der Waals surface area (Å²) in [5.41, 5.74) is 1.80. The molecule has 102 valence electrons. The molecule has 1 unspecified atom stereocenters. The Labute approximate surface area is 113 Å². The van der Waals surface area contributed by atoms with E-state index >= 15 is 0 Å². The van der Waals surface area contributed by atoms with Crippen molar-refractivity contribution >= 4 is 17.3 Å². The Balaban J connectivity index is 1.64. The third kappa shape index (κ3) is 2.83. The summed E-state index contributed by atoms with van der Waals surface area (Å²) in [5.74, 6) is 1.55. The normalized spacial score (nSPS) is 19.7. The van der Waals surface area contributed by atoms with Crippen LogP contribution in [0.15, 0.2) is 18.2 Å². The number of fused-ring (bicyclic) bond motifs is 1. The number of amides is 1. The zero-order chi connectivity index (χ0) is 13.2. The minimum atomic E-state index is -0.0906. The Hall–Kier alpha value is -1.71. The Morgan fingerprint density at radius 1 is 1.47 bits per heavy atom. The van der Waals surface area contributed by atoms with E-state index in [1.54, 1.807) is 0 Å². The predicted molar refractivity (Wildman–Crippen MR) is 75.6 cm³/mol. The van der Waals surface area contributed by atoms with Crippen LogP contribution in [0.3, 0.4) is 0 Å². The first-order valence-corrected chi connectivity index (χ1v) is 7.04. The van der Waals surface area contributed by atoms with Crippen LogP contribution in [-0.2, 0) is 4.79 Å². The molecule has 2 N–H and O–H groups in total. The lowest BCUT2D eigenvalue weighted by molar-refractivity contribution is -0.118. The maximum absolute atomic E-state index is 11.3. The fourth-order valence-electron chi connectivity index (χ4n) is 2.74. The van der Waals surface area contributed by atoms with Gasteiger partial charge in [0.05, 0.1) is 5.69 Å². The molecule has 1 aliphatic heterocycles. The van der Waals surface area contributed by atoms with Crippen molar-refractivity contribution in [1.29, 1.82) is 0 Å². The van der Waals surface area contributed by atoms with Crippen LogP contribution >= 0.6 is 0 Å². The van der Waals surface area contributed by atoms with E-state index in [-0.39, 0.29) is 12.5 Å². The van der Waals surface area contributed by atoms with E-state index in [9.17, 15) is 4.79 Å². The van der Waals surface area contributed by atoms with Gasteiger partial charge in [-0.2, -0.15) is 0 Å². The highest BCUT2D eigenvalue weighted by atomic mass is 16.5. The number of rotatable bonds is 4. The minimum absolute atomic E-state index is 0.0906. The first-order chi connectivity index (χ1) is 9.20. The molecule has 4 nitrogen and oxygen atoms in total. The second-order valence-corrected chi connectivity index (χ2v) is 5.63. The molecule has 1 amide bonds. The van der Waals surface area contributed by atoms with Crippen molar-refractivity contribution in [3.63, 3.8) is 0 Å². The molecule has 1 atom stereocenters. The number of anilines is 2. The second kappa shape index (κ2) is 5.11. The fraction of sp³-hybridized carbons (Fsp3) is 0.533. The second-order valence-electron chi connectivity index (χ2n) is 5.63. The van der Waals surface area contributed by atoms with Crippen molar-refractivity contribution in [2.45, 2.75) is 38.6 Å². The van der Waals surface area contributed by atoms with Gasteiger partial charge >= 0.3 is 0 Å². The minimum Gasteiger partial charge on any atom is -0.482 e. The van der Waals surface area contributed by atoms with Crippen LogP contribution in [0.2, 0.25) is 0 Å². The summed E-state index contributed by atoms with van der Waals surface area (Å²) in [6, 6.07) is 6.33. The number of carbonyl (C=O) groups is 1. The smallest absolute Gasteiger partial charge is 0.262 e. The lowest BCUT2D eigenvalue weighted by Crippen LogP contribution is -2.26. The summed E-state index contributed by atoms with van der Waals surface area (Å²) in [7, 11) is 0. The highest BCUT2D eigenvalue weighted by Gasteiger charge is 2.20. The first-order valence-electron chi connectivity index (χ1n) is 7.04. The van der Waals surface area contributed by atoms with Crippen LogP contribution in [0.1, 0.15) is 32.6 Å². The standard InChI is InChI=1S/C15H20N2O2/c1-10(7-11-3-2-4-11)16-12-5-6-14-13(8-12)17-15(18)9-19-14/h5-6,8,10-11,16H,2-4,7,9H2,1H3,(H,17,18). The van der Waals surface area contributed by atoms with Crippen molar-refractivity contribution in [3.05, 3.63) is 18.2 Å². The van der Waals surface area contributed by atoms with Gasteiger partial charge in [-0.3, -0.25) is 4.79 Å². The molecule has 1 aromatic rings. The van der Waals surface area contributed by atoms with Gasteiger partial charge in [-0.25, -0.2) is 0 Å². The van der Waals surface area contributed by atoms with Gasteiger partial charge in [0.1, 0.15) is 5.75 Å². The quantitative estimate of drug-likeness (QED) is 0.875. The van der Waals surface area contributed by atoms with E-state index in [2.05, 4.69) is 17.6 Å². The Kier molecular flexibility index (Phi) is 3.32. The molecule has 2 aliphatic rings. The summed E-state index contributed by atoms with van der Waals surface area (Å²) in [4.78, 5) is 11.3. The highest BCUT2D eigenvalue weighted by molar-refractivity contribution is 5.96. The third-order valence-corrected chi connectivity index (χ3v) is 3.94. The van der Waals surface area contributed by atoms with Crippen molar-refractivity contribution in [2.75, 3.05) is 17.2 Å². The van der Waals surface area contributed by atoms with Gasteiger partial charge in [0, 0.05) is 11.7 Å². The van der Waals surface area contributed by atoms with Crippen LogP contribution < -0.4 is 15.4 Å². The molecular weight excluding hydrogens is 240 g/mol. The SMILES string of the molecule is CC(CC1CCC1)Nc1ccc2c(c1)NC(=O)CO2. The number of hydrogen-bond acceptors (Lipinski definition) is 3. The molecule has 0 bridgehead atoms. The monoisotopic (exact) mass is 260 g/mol. The zero-order valence-electron chi connectivity index (χ0n) is 11.2. The van der Waals surface area contributed by atoms with Crippen LogP contribution in [0.5, 0.6) is 5.75 Å². The van der Waals surface area contributed by atoms with E-state index in [0.29, 0.717) is 6.04 Å². The number of hydrogen-bond donors (Lipinski definition) is 2. The molecule has 1 aromatic carbocycles. The van der Waals surface area contributed by atoms with E-state index in [4.69, 9.17) is 4.74 Å². The summed E-state index contributed by atoms with van der Waals surface area (Å²) < 4.78 is 5.35. The molecule has 0 saturated heterocycles. The van der Waals surface area contributed by atoms with Gasteiger partial charge < -0.3 is 15.4 Å². The topological polar surface area (TPSA) is 50.4 Å². The highest BCUT2D eigenvalue weighted by Crippen LogP contribution is 2.33. The molecule has 1 heterocycles. The van der Waals surface area contributed by atoms with Gasteiger partial charge in [-0.1, -0.05) is 19.3 Å². The average Bonchev–Trinajstić information content (AvgIpc) is 2.33. The molecule has 0 radical (unpaired) electrons. The van der Waals surface area contributed by atoms with E-state index in [1.165, 1.54) is 25.7 Å². The number of carbonyl (C=O) groups excluding carboxylic acids is 1. The van der Waals surface area contributed by atoms with Gasteiger partial charge in [-0.05, 0) is 37.5 Å². The average molecular weight is 260 g/mol. The molecule has 19 heavy (non-hydrogen) atoms. The lowest BCUT2D eigenvalue weighted by Gasteiger charge is -2.29. The molecule has 1 aliphatic carbocycles. The largest absolute Gasteiger partial charge is 0.482 e. The van der Waals surface area contributed by atoms with Crippen LogP contribution in [0.4, 0.5) is 11.4 Å². The summed E-state index contributed by atoms with van der Waals surface area (Å²) in [6.45, 7) is 2.32. The van der Waals surface area contributed by atoms with Crippen LogP contribution in [0, 0.1) is 5.92 Å². The van der Waals surface area contributed by atoms with Crippen LogP contribution in [-0.4, -0.2) is 18.6 Å². The molecule has 0 aromatic heterocycles. The maximum atomic E-state index is 11.3. The molecular formula is C15H20N2O2. The van der Waals surface area contributed by atoms with Crippen molar-refractivity contribution in [1.82, 2.24) is 0 Å². The molecule has 3 rings (SSSR count). The summed E-state index contributed by atoms with van der Waals surface area (Å²) >= 11 is 0. The molecule has 0 spiro atoms. The summed E-state index contributed by atoms with van der Waals surface area (Å²) in [5, 5.41) is 6.33. The van der Waals surface area contributed by atoms with Crippen molar-refractivity contribution < 1.29 is 9.53 Å². The molecule has 1 fully saturated rings. The lowest BCUT2D eigenvalue weighted by atomic mass is 9.81. The molecule has 4 heteroatoms. The number of benzene rings is 1. The van der Waals surface area contributed by atoms with Gasteiger partial charge in [0.25, 0.3) is 5.91 Å². The first kappa shape index (κ1) is 12.3.